The lowest BCUT2D eigenvalue weighted by Gasteiger charge is -2.15. The zero-order valence-electron chi connectivity index (χ0n) is 13.9. The lowest BCUT2D eigenvalue weighted by atomic mass is 10.2. The molecule has 0 N–H and O–H groups in total. The molecule has 0 aliphatic rings. The van der Waals surface area contributed by atoms with Crippen molar-refractivity contribution in [1.82, 2.24) is 4.57 Å². The monoisotopic (exact) mass is 356 g/mol. The Labute approximate surface area is 150 Å². The van der Waals surface area contributed by atoms with Crippen LogP contribution in [-0.4, -0.2) is 9.49 Å². The van der Waals surface area contributed by atoms with E-state index < -0.39 is 4.92 Å². The van der Waals surface area contributed by atoms with Crippen LogP contribution in [0, 0.1) is 17.0 Å². The molecule has 6 heteroatoms. The van der Waals surface area contributed by atoms with Crippen molar-refractivity contribution in [3.05, 3.63) is 81.0 Å². The Morgan fingerprint density at radius 2 is 1.84 bits per heavy atom. The standard InChI is InChI=1S/C19H17ClN2O3/c1-3-15-13(2)12-19(21(15)16-9-5-4-8-14(16)20)25-18-11-7-6-10-17(18)22(23)24/h4-12H,3H2,1-2H3. The topological polar surface area (TPSA) is 57.3 Å². The van der Waals surface area contributed by atoms with Crippen molar-refractivity contribution < 1.29 is 9.66 Å². The number of aryl methyl sites for hydroxylation is 1. The van der Waals surface area contributed by atoms with Gasteiger partial charge >= 0.3 is 5.69 Å². The Balaban J connectivity index is 2.16. The Hall–Kier alpha value is -2.79. The third-order valence-electron chi connectivity index (χ3n) is 3.99. The number of para-hydroxylation sites is 3. The van der Waals surface area contributed by atoms with Crippen LogP contribution in [0.25, 0.3) is 5.69 Å². The maximum atomic E-state index is 11.2. The van der Waals surface area contributed by atoms with Gasteiger partial charge < -0.3 is 4.74 Å². The number of nitro groups is 1. The average Bonchev–Trinajstić information content (AvgIpc) is 2.90. The summed E-state index contributed by atoms with van der Waals surface area (Å²) in [6.07, 6.45) is 0.775. The van der Waals surface area contributed by atoms with E-state index in [-0.39, 0.29) is 11.4 Å². The van der Waals surface area contributed by atoms with Crippen LogP contribution in [0.15, 0.2) is 54.6 Å². The Morgan fingerprint density at radius 1 is 1.16 bits per heavy atom. The lowest BCUT2D eigenvalue weighted by molar-refractivity contribution is -0.385. The van der Waals surface area contributed by atoms with Crippen LogP contribution < -0.4 is 4.74 Å². The summed E-state index contributed by atoms with van der Waals surface area (Å²) in [6.45, 7) is 4.03. The Morgan fingerprint density at radius 3 is 2.52 bits per heavy atom. The number of aromatic nitrogens is 1. The molecule has 2 aromatic carbocycles. The minimum Gasteiger partial charge on any atom is -0.433 e. The summed E-state index contributed by atoms with van der Waals surface area (Å²) in [5, 5.41) is 11.8. The van der Waals surface area contributed by atoms with Gasteiger partial charge in [-0.1, -0.05) is 42.8 Å². The highest BCUT2D eigenvalue weighted by Crippen LogP contribution is 2.36. The predicted octanol–water partition coefficient (Wildman–Crippen LogP) is 5.70. The molecule has 25 heavy (non-hydrogen) atoms. The summed E-state index contributed by atoms with van der Waals surface area (Å²) in [7, 11) is 0. The van der Waals surface area contributed by atoms with E-state index in [4.69, 9.17) is 16.3 Å². The van der Waals surface area contributed by atoms with Crippen molar-refractivity contribution in [2.24, 2.45) is 0 Å². The number of rotatable bonds is 5. The summed E-state index contributed by atoms with van der Waals surface area (Å²) >= 11 is 6.37. The number of benzene rings is 2. The molecule has 0 unspecified atom stereocenters. The summed E-state index contributed by atoms with van der Waals surface area (Å²) in [6, 6.07) is 15.7. The first-order chi connectivity index (χ1) is 12.0. The van der Waals surface area contributed by atoms with Crippen LogP contribution in [0.3, 0.4) is 0 Å². The fraction of sp³-hybridized carbons (Fsp3) is 0.158. The largest absolute Gasteiger partial charge is 0.433 e. The minimum atomic E-state index is -0.453. The number of hydrogen-bond acceptors (Lipinski definition) is 3. The van der Waals surface area contributed by atoms with Gasteiger partial charge in [0.05, 0.1) is 15.6 Å². The van der Waals surface area contributed by atoms with Crippen LogP contribution in [0.2, 0.25) is 5.02 Å². The summed E-state index contributed by atoms with van der Waals surface area (Å²) in [5.41, 5.74) is 2.78. The van der Waals surface area contributed by atoms with Gasteiger partial charge in [-0.25, -0.2) is 0 Å². The van der Waals surface area contributed by atoms with Crippen LogP contribution in [0.4, 0.5) is 5.69 Å². The van der Waals surface area contributed by atoms with Gasteiger partial charge in [0.25, 0.3) is 0 Å². The van der Waals surface area contributed by atoms with Crippen molar-refractivity contribution in [2.75, 3.05) is 0 Å². The maximum absolute atomic E-state index is 11.2. The molecule has 0 aliphatic heterocycles. The average molecular weight is 357 g/mol. The first kappa shape index (κ1) is 17.0. The number of hydrogen-bond donors (Lipinski definition) is 0. The van der Waals surface area contributed by atoms with Gasteiger partial charge in [-0.15, -0.1) is 0 Å². The second-order valence-electron chi connectivity index (χ2n) is 5.58. The highest BCUT2D eigenvalue weighted by Gasteiger charge is 2.20. The van der Waals surface area contributed by atoms with Crippen LogP contribution in [0.1, 0.15) is 18.2 Å². The van der Waals surface area contributed by atoms with E-state index in [0.717, 1.165) is 23.4 Å². The quantitative estimate of drug-likeness (QED) is 0.435. The molecule has 0 saturated carbocycles. The molecular weight excluding hydrogens is 340 g/mol. The first-order valence-corrected chi connectivity index (χ1v) is 8.28. The Bertz CT molecular complexity index is 934. The van der Waals surface area contributed by atoms with E-state index in [1.54, 1.807) is 24.3 Å². The van der Waals surface area contributed by atoms with E-state index >= 15 is 0 Å². The highest BCUT2D eigenvalue weighted by molar-refractivity contribution is 6.32. The van der Waals surface area contributed by atoms with Gasteiger partial charge in [0.15, 0.2) is 0 Å². The van der Waals surface area contributed by atoms with Crippen molar-refractivity contribution in [1.29, 1.82) is 0 Å². The smallest absolute Gasteiger partial charge is 0.311 e. The van der Waals surface area contributed by atoms with Crippen LogP contribution in [-0.2, 0) is 6.42 Å². The van der Waals surface area contributed by atoms with E-state index in [0.29, 0.717) is 10.9 Å². The predicted molar refractivity (Wildman–Crippen MR) is 98.1 cm³/mol. The normalized spacial score (nSPS) is 10.7. The van der Waals surface area contributed by atoms with Gasteiger partial charge in [-0.3, -0.25) is 14.7 Å². The fourth-order valence-corrected chi connectivity index (χ4v) is 3.08. The molecule has 0 fully saturated rings. The van der Waals surface area contributed by atoms with E-state index in [1.165, 1.54) is 6.07 Å². The molecule has 0 atom stereocenters. The van der Waals surface area contributed by atoms with Gasteiger partial charge in [0.1, 0.15) is 0 Å². The Kier molecular flexibility index (Phi) is 4.76. The zero-order chi connectivity index (χ0) is 18.0. The zero-order valence-corrected chi connectivity index (χ0v) is 14.7. The van der Waals surface area contributed by atoms with E-state index in [9.17, 15) is 10.1 Å². The molecule has 1 heterocycles. The highest BCUT2D eigenvalue weighted by atomic mass is 35.5. The lowest BCUT2D eigenvalue weighted by Crippen LogP contribution is -2.03. The molecule has 0 radical (unpaired) electrons. The van der Waals surface area contributed by atoms with Gasteiger partial charge in [-0.2, -0.15) is 0 Å². The number of nitrogens with zero attached hydrogens (tertiary/aromatic N) is 2. The van der Waals surface area contributed by atoms with E-state index in [2.05, 4.69) is 0 Å². The molecule has 3 aromatic rings. The molecule has 1 aromatic heterocycles. The molecule has 0 amide bonds. The molecule has 0 bridgehead atoms. The third kappa shape index (κ3) is 3.23. The number of halogens is 1. The molecule has 0 saturated heterocycles. The molecule has 5 nitrogen and oxygen atoms in total. The summed E-state index contributed by atoms with van der Waals surface area (Å²) < 4.78 is 7.85. The van der Waals surface area contributed by atoms with Crippen molar-refractivity contribution in [3.63, 3.8) is 0 Å². The van der Waals surface area contributed by atoms with Gasteiger partial charge in [0, 0.05) is 17.8 Å². The first-order valence-electron chi connectivity index (χ1n) is 7.90. The van der Waals surface area contributed by atoms with Crippen molar-refractivity contribution in [2.45, 2.75) is 20.3 Å². The molecule has 3 rings (SSSR count). The maximum Gasteiger partial charge on any atom is 0.311 e. The number of nitro benzene ring substituents is 1. The fourth-order valence-electron chi connectivity index (χ4n) is 2.86. The van der Waals surface area contributed by atoms with Crippen LogP contribution in [0.5, 0.6) is 11.6 Å². The SMILES string of the molecule is CCc1c(C)cc(Oc2ccccc2[N+](=O)[O-])n1-c1ccccc1Cl. The molecular formula is C19H17ClN2O3. The second-order valence-corrected chi connectivity index (χ2v) is 5.99. The van der Waals surface area contributed by atoms with Gasteiger partial charge in [0.2, 0.25) is 11.6 Å². The van der Waals surface area contributed by atoms with Crippen LogP contribution >= 0.6 is 11.6 Å². The number of ether oxygens (including phenoxy) is 1. The van der Waals surface area contributed by atoms with Crippen molar-refractivity contribution >= 4 is 17.3 Å². The molecule has 128 valence electrons. The van der Waals surface area contributed by atoms with E-state index in [1.807, 2.05) is 42.7 Å². The minimum absolute atomic E-state index is 0.0786. The molecule has 0 spiro atoms. The summed E-state index contributed by atoms with van der Waals surface area (Å²) in [4.78, 5) is 10.8. The van der Waals surface area contributed by atoms with Gasteiger partial charge in [-0.05, 0) is 37.1 Å². The summed E-state index contributed by atoms with van der Waals surface area (Å²) in [5.74, 6) is 0.692. The van der Waals surface area contributed by atoms with Crippen molar-refractivity contribution in [3.8, 4) is 17.3 Å². The second kappa shape index (κ2) is 6.99. The third-order valence-corrected chi connectivity index (χ3v) is 4.31. The molecule has 0 aliphatic carbocycles.